The molecular formula is C16H26O7. The molecule has 0 aliphatic carbocycles. The second-order valence-electron chi connectivity index (χ2n) is 6.01. The molecule has 2 heterocycles. The van der Waals surface area contributed by atoms with E-state index in [1.807, 2.05) is 13.8 Å². The number of carbonyl (C=O) groups is 1. The summed E-state index contributed by atoms with van der Waals surface area (Å²) in [5.41, 5.74) is 0. The first-order valence-corrected chi connectivity index (χ1v) is 8.12. The standard InChI is InChI=1S/C16H26O7/c1-4-5-8-19-13-12(11-10-21-16(2,3)23-11)22-15(18)14(13)20-9-6-7-17/h11-12,17H,4-10H2,1-3H3. The fourth-order valence-corrected chi connectivity index (χ4v) is 2.40. The molecule has 1 N–H and O–H groups in total. The van der Waals surface area contributed by atoms with E-state index in [9.17, 15) is 4.79 Å². The zero-order valence-corrected chi connectivity index (χ0v) is 14.0. The minimum Gasteiger partial charge on any atom is -0.490 e. The van der Waals surface area contributed by atoms with E-state index in [2.05, 4.69) is 6.92 Å². The molecule has 2 unspecified atom stereocenters. The molecule has 0 spiro atoms. The molecule has 0 radical (unpaired) electrons. The molecule has 2 aliphatic rings. The van der Waals surface area contributed by atoms with Gasteiger partial charge in [0.05, 0.1) is 19.8 Å². The van der Waals surface area contributed by atoms with E-state index in [4.69, 9.17) is 28.8 Å². The van der Waals surface area contributed by atoms with Crippen LogP contribution in [0.15, 0.2) is 11.5 Å². The summed E-state index contributed by atoms with van der Waals surface area (Å²) in [6, 6.07) is 0. The van der Waals surface area contributed by atoms with E-state index >= 15 is 0 Å². The monoisotopic (exact) mass is 330 g/mol. The van der Waals surface area contributed by atoms with Crippen molar-refractivity contribution in [1.29, 1.82) is 0 Å². The zero-order valence-electron chi connectivity index (χ0n) is 14.0. The minimum atomic E-state index is -0.716. The second-order valence-corrected chi connectivity index (χ2v) is 6.01. The summed E-state index contributed by atoms with van der Waals surface area (Å²) >= 11 is 0. The first-order chi connectivity index (χ1) is 11.0. The molecule has 23 heavy (non-hydrogen) atoms. The Balaban J connectivity index is 2.11. The third kappa shape index (κ3) is 4.59. The van der Waals surface area contributed by atoms with Crippen molar-refractivity contribution in [3.05, 3.63) is 11.5 Å². The summed E-state index contributed by atoms with van der Waals surface area (Å²) in [7, 11) is 0. The number of ether oxygens (including phenoxy) is 5. The van der Waals surface area contributed by atoms with Crippen molar-refractivity contribution in [3.8, 4) is 0 Å². The Morgan fingerprint density at radius 1 is 1.26 bits per heavy atom. The van der Waals surface area contributed by atoms with Gasteiger partial charge in [-0.3, -0.25) is 0 Å². The van der Waals surface area contributed by atoms with Gasteiger partial charge in [0.15, 0.2) is 17.7 Å². The van der Waals surface area contributed by atoms with Crippen molar-refractivity contribution in [3.63, 3.8) is 0 Å². The predicted octanol–water partition coefficient (Wildman–Crippen LogP) is 1.49. The summed E-state index contributed by atoms with van der Waals surface area (Å²) in [5.74, 6) is -0.833. The smallest absolute Gasteiger partial charge is 0.378 e. The largest absolute Gasteiger partial charge is 0.490 e. The van der Waals surface area contributed by atoms with Crippen LogP contribution in [0.5, 0.6) is 0 Å². The van der Waals surface area contributed by atoms with Crippen LogP contribution in [0, 0.1) is 0 Å². The van der Waals surface area contributed by atoms with Gasteiger partial charge in [-0.15, -0.1) is 0 Å². The molecule has 132 valence electrons. The van der Waals surface area contributed by atoms with E-state index in [1.165, 1.54) is 0 Å². The van der Waals surface area contributed by atoms with Crippen LogP contribution in [0.4, 0.5) is 0 Å². The van der Waals surface area contributed by atoms with Crippen LogP contribution in [0.1, 0.15) is 40.0 Å². The maximum Gasteiger partial charge on any atom is 0.378 e. The van der Waals surface area contributed by atoms with Crippen molar-refractivity contribution < 1.29 is 33.6 Å². The fourth-order valence-electron chi connectivity index (χ4n) is 2.40. The molecule has 0 aromatic rings. The summed E-state index contributed by atoms with van der Waals surface area (Å²) in [6.07, 6.45) is 1.18. The van der Waals surface area contributed by atoms with Gasteiger partial charge in [0, 0.05) is 13.0 Å². The number of rotatable bonds is 9. The molecule has 0 saturated carbocycles. The minimum absolute atomic E-state index is 0.00839. The second kappa shape index (κ2) is 7.99. The summed E-state index contributed by atoms with van der Waals surface area (Å²) in [4.78, 5) is 12.1. The van der Waals surface area contributed by atoms with Gasteiger partial charge in [-0.05, 0) is 20.3 Å². The molecule has 0 aromatic carbocycles. The number of cyclic esters (lactones) is 1. The van der Waals surface area contributed by atoms with Gasteiger partial charge in [-0.25, -0.2) is 4.79 Å². The van der Waals surface area contributed by atoms with Crippen LogP contribution in [-0.4, -0.2) is 55.5 Å². The number of hydrogen-bond acceptors (Lipinski definition) is 7. The highest BCUT2D eigenvalue weighted by molar-refractivity contribution is 5.89. The fraction of sp³-hybridized carbons (Fsp3) is 0.812. The number of hydrogen-bond donors (Lipinski definition) is 1. The molecule has 2 rings (SSSR count). The van der Waals surface area contributed by atoms with Gasteiger partial charge in [0.1, 0.15) is 6.10 Å². The topological polar surface area (TPSA) is 83.5 Å². The van der Waals surface area contributed by atoms with E-state index in [0.29, 0.717) is 25.4 Å². The van der Waals surface area contributed by atoms with E-state index < -0.39 is 24.0 Å². The normalized spacial score (nSPS) is 26.5. The average Bonchev–Trinajstić information content (AvgIpc) is 3.01. The zero-order chi connectivity index (χ0) is 16.9. The third-order valence-corrected chi connectivity index (χ3v) is 3.57. The van der Waals surface area contributed by atoms with Gasteiger partial charge in [0.2, 0.25) is 5.76 Å². The molecule has 0 bridgehead atoms. The molecule has 0 aromatic heterocycles. The Hall–Kier alpha value is -1.31. The van der Waals surface area contributed by atoms with Gasteiger partial charge in [-0.2, -0.15) is 0 Å². The summed E-state index contributed by atoms with van der Waals surface area (Å²) in [6.45, 7) is 6.68. The van der Waals surface area contributed by atoms with Crippen molar-refractivity contribution in [1.82, 2.24) is 0 Å². The highest BCUT2D eigenvalue weighted by Crippen LogP contribution is 2.34. The number of aliphatic hydroxyl groups is 1. The van der Waals surface area contributed by atoms with Crippen molar-refractivity contribution in [2.75, 3.05) is 26.4 Å². The van der Waals surface area contributed by atoms with Crippen LogP contribution in [0.3, 0.4) is 0 Å². The highest BCUT2D eigenvalue weighted by atomic mass is 16.8. The maximum absolute atomic E-state index is 12.1. The number of carbonyl (C=O) groups excluding carboxylic acids is 1. The Bertz CT molecular complexity index is 444. The lowest BCUT2D eigenvalue weighted by molar-refractivity contribution is -0.163. The summed E-state index contributed by atoms with van der Waals surface area (Å²) < 4.78 is 27.9. The van der Waals surface area contributed by atoms with Crippen LogP contribution in [-0.2, 0) is 28.5 Å². The highest BCUT2D eigenvalue weighted by Gasteiger charge is 2.48. The molecule has 7 nitrogen and oxygen atoms in total. The van der Waals surface area contributed by atoms with Gasteiger partial charge >= 0.3 is 5.97 Å². The lowest BCUT2D eigenvalue weighted by atomic mass is 10.2. The van der Waals surface area contributed by atoms with Crippen molar-refractivity contribution in [2.24, 2.45) is 0 Å². The van der Waals surface area contributed by atoms with Crippen LogP contribution >= 0.6 is 0 Å². The molecule has 2 atom stereocenters. The Morgan fingerprint density at radius 2 is 2.00 bits per heavy atom. The SMILES string of the molecule is CCCCOC1=C(OCCCO)C(=O)OC1C1COC(C)(C)O1. The Labute approximate surface area is 136 Å². The Kier molecular flexibility index (Phi) is 6.26. The average molecular weight is 330 g/mol. The van der Waals surface area contributed by atoms with Crippen molar-refractivity contribution >= 4 is 5.97 Å². The predicted molar refractivity (Wildman–Crippen MR) is 80.3 cm³/mol. The number of unbranched alkanes of at least 4 members (excludes halogenated alkanes) is 1. The van der Waals surface area contributed by atoms with E-state index in [-0.39, 0.29) is 19.0 Å². The Morgan fingerprint density at radius 3 is 2.61 bits per heavy atom. The lowest BCUT2D eigenvalue weighted by Gasteiger charge is -2.21. The lowest BCUT2D eigenvalue weighted by Crippen LogP contribution is -2.33. The maximum atomic E-state index is 12.1. The van der Waals surface area contributed by atoms with Crippen molar-refractivity contribution in [2.45, 2.75) is 58.0 Å². The van der Waals surface area contributed by atoms with E-state index in [0.717, 1.165) is 12.8 Å². The first-order valence-electron chi connectivity index (χ1n) is 8.12. The van der Waals surface area contributed by atoms with Gasteiger partial charge < -0.3 is 28.8 Å². The molecule has 1 saturated heterocycles. The summed E-state index contributed by atoms with van der Waals surface area (Å²) in [5, 5.41) is 8.85. The van der Waals surface area contributed by atoms with Crippen LogP contribution < -0.4 is 0 Å². The molecular weight excluding hydrogens is 304 g/mol. The molecule has 7 heteroatoms. The molecule has 2 aliphatic heterocycles. The van der Waals surface area contributed by atoms with Gasteiger partial charge in [0.25, 0.3) is 0 Å². The first kappa shape index (κ1) is 18.0. The number of esters is 1. The van der Waals surface area contributed by atoms with E-state index in [1.54, 1.807) is 0 Å². The van der Waals surface area contributed by atoms with Crippen LogP contribution in [0.25, 0.3) is 0 Å². The third-order valence-electron chi connectivity index (χ3n) is 3.57. The molecule has 1 fully saturated rings. The van der Waals surface area contributed by atoms with Gasteiger partial charge in [-0.1, -0.05) is 13.3 Å². The molecule has 0 amide bonds. The quantitative estimate of drug-likeness (QED) is 0.506. The van der Waals surface area contributed by atoms with Crippen LogP contribution in [0.2, 0.25) is 0 Å². The number of aliphatic hydroxyl groups excluding tert-OH is 1.